The second-order valence-corrected chi connectivity index (χ2v) is 4.83. The molecule has 0 aliphatic heterocycles. The second kappa shape index (κ2) is 3.63. The number of aromatic amines is 1. The Hall–Kier alpha value is -1.84. The van der Waals surface area contributed by atoms with Gasteiger partial charge in [-0.3, -0.25) is 10.1 Å². The van der Waals surface area contributed by atoms with Gasteiger partial charge >= 0.3 is 0 Å². The predicted octanol–water partition coefficient (Wildman–Crippen LogP) is 2.43. The van der Waals surface area contributed by atoms with Crippen molar-refractivity contribution in [2.24, 2.45) is 0 Å². The molecule has 4 nitrogen and oxygen atoms in total. The van der Waals surface area contributed by atoms with E-state index in [0.29, 0.717) is 12.4 Å². The van der Waals surface area contributed by atoms with Gasteiger partial charge in [-0.25, -0.2) is 4.98 Å². The molecule has 16 heavy (non-hydrogen) atoms. The molecule has 0 unspecified atom stereocenters. The fourth-order valence-corrected chi connectivity index (χ4v) is 1.60. The van der Waals surface area contributed by atoms with Crippen LogP contribution in [0.4, 0.5) is 5.95 Å². The fourth-order valence-electron chi connectivity index (χ4n) is 1.60. The van der Waals surface area contributed by atoms with Gasteiger partial charge in [0.1, 0.15) is 0 Å². The molecule has 1 aromatic carbocycles. The van der Waals surface area contributed by atoms with Gasteiger partial charge in [-0.05, 0) is 23.1 Å². The number of fused-ring (bicyclic) bond motifs is 1. The molecule has 84 valence electrons. The Kier molecular flexibility index (Phi) is 2.42. The molecule has 0 saturated heterocycles. The van der Waals surface area contributed by atoms with Gasteiger partial charge in [0.25, 0.3) is 0 Å². The van der Waals surface area contributed by atoms with Crippen LogP contribution in [0.3, 0.4) is 0 Å². The second-order valence-electron chi connectivity index (χ2n) is 4.83. The van der Waals surface area contributed by atoms with Crippen molar-refractivity contribution < 1.29 is 4.79 Å². The first-order valence-corrected chi connectivity index (χ1v) is 5.21. The highest BCUT2D eigenvalue weighted by atomic mass is 16.1. The molecule has 2 aromatic rings. The summed E-state index contributed by atoms with van der Waals surface area (Å²) in [5, 5.41) is 2.51. The number of amides is 1. The van der Waals surface area contributed by atoms with Crippen LogP contribution >= 0.6 is 0 Å². The van der Waals surface area contributed by atoms with Gasteiger partial charge in [0.2, 0.25) is 12.4 Å². The number of carbonyl (C=O) groups excluding carboxylic acids is 1. The maximum atomic E-state index is 10.3. The summed E-state index contributed by atoms with van der Waals surface area (Å²) in [5.74, 6) is 0.482. The number of aromatic nitrogens is 2. The Balaban J connectivity index is 2.49. The molecule has 1 heterocycles. The van der Waals surface area contributed by atoms with E-state index >= 15 is 0 Å². The third-order valence-corrected chi connectivity index (χ3v) is 2.54. The average Bonchev–Trinajstić information content (AvgIpc) is 2.57. The molecule has 0 aliphatic rings. The van der Waals surface area contributed by atoms with Gasteiger partial charge < -0.3 is 4.98 Å². The molecule has 4 heteroatoms. The summed E-state index contributed by atoms with van der Waals surface area (Å²) in [6, 6.07) is 6.09. The van der Waals surface area contributed by atoms with E-state index in [4.69, 9.17) is 0 Å². The van der Waals surface area contributed by atoms with Crippen molar-refractivity contribution >= 4 is 23.4 Å². The number of imidazole rings is 1. The van der Waals surface area contributed by atoms with Gasteiger partial charge in [-0.15, -0.1) is 0 Å². The van der Waals surface area contributed by atoms with Gasteiger partial charge in [-0.2, -0.15) is 0 Å². The third kappa shape index (κ3) is 1.91. The van der Waals surface area contributed by atoms with Crippen LogP contribution < -0.4 is 5.32 Å². The van der Waals surface area contributed by atoms with Crippen molar-refractivity contribution in [1.82, 2.24) is 9.97 Å². The van der Waals surface area contributed by atoms with Crippen LogP contribution in [0.25, 0.3) is 11.0 Å². The van der Waals surface area contributed by atoms with Crippen molar-refractivity contribution in [3.8, 4) is 0 Å². The summed E-state index contributed by atoms with van der Waals surface area (Å²) >= 11 is 0. The minimum atomic E-state index is 0.109. The summed E-state index contributed by atoms with van der Waals surface area (Å²) < 4.78 is 0. The lowest BCUT2D eigenvalue weighted by Crippen LogP contribution is -2.10. The van der Waals surface area contributed by atoms with E-state index in [2.05, 4.69) is 48.2 Å². The Morgan fingerprint density at radius 1 is 1.38 bits per heavy atom. The number of H-pyrrole nitrogens is 1. The highest BCUT2D eigenvalue weighted by Gasteiger charge is 2.14. The van der Waals surface area contributed by atoms with Gasteiger partial charge in [0.15, 0.2) is 0 Å². The zero-order valence-corrected chi connectivity index (χ0v) is 9.66. The molecular weight excluding hydrogens is 202 g/mol. The predicted molar refractivity (Wildman–Crippen MR) is 64.5 cm³/mol. The molecule has 0 radical (unpaired) electrons. The molecule has 1 amide bonds. The van der Waals surface area contributed by atoms with Crippen molar-refractivity contribution in [2.75, 3.05) is 5.32 Å². The highest BCUT2D eigenvalue weighted by molar-refractivity contribution is 5.81. The quantitative estimate of drug-likeness (QED) is 0.759. The molecule has 1 aromatic heterocycles. The average molecular weight is 217 g/mol. The number of nitrogens with one attached hydrogen (secondary N) is 2. The molecular formula is C12H15N3O. The molecule has 0 aliphatic carbocycles. The maximum Gasteiger partial charge on any atom is 0.213 e. The number of hydrogen-bond acceptors (Lipinski definition) is 2. The molecule has 0 fully saturated rings. The van der Waals surface area contributed by atoms with E-state index in [1.165, 1.54) is 5.56 Å². The van der Waals surface area contributed by atoms with Crippen molar-refractivity contribution in [3.05, 3.63) is 23.8 Å². The molecule has 0 saturated carbocycles. The lowest BCUT2D eigenvalue weighted by molar-refractivity contribution is -0.105. The van der Waals surface area contributed by atoms with Crippen LogP contribution in [0.1, 0.15) is 26.3 Å². The minimum absolute atomic E-state index is 0.109. The van der Waals surface area contributed by atoms with Gasteiger partial charge in [0.05, 0.1) is 11.0 Å². The van der Waals surface area contributed by atoms with E-state index < -0.39 is 0 Å². The zero-order chi connectivity index (χ0) is 11.8. The Morgan fingerprint density at radius 3 is 2.75 bits per heavy atom. The maximum absolute atomic E-state index is 10.3. The fraction of sp³-hybridized carbons (Fsp3) is 0.333. The number of hydrogen-bond donors (Lipinski definition) is 2. The Labute approximate surface area is 94.1 Å². The number of carbonyl (C=O) groups is 1. The van der Waals surface area contributed by atoms with Crippen molar-refractivity contribution in [1.29, 1.82) is 0 Å². The van der Waals surface area contributed by atoms with Crippen molar-refractivity contribution in [2.45, 2.75) is 26.2 Å². The lowest BCUT2D eigenvalue weighted by Gasteiger charge is -2.18. The van der Waals surface area contributed by atoms with Crippen LogP contribution in [0.15, 0.2) is 18.2 Å². The topological polar surface area (TPSA) is 57.8 Å². The minimum Gasteiger partial charge on any atom is -0.324 e. The van der Waals surface area contributed by atoms with Gasteiger partial charge in [-0.1, -0.05) is 26.8 Å². The first-order valence-electron chi connectivity index (χ1n) is 5.21. The van der Waals surface area contributed by atoms with Gasteiger partial charge in [0, 0.05) is 0 Å². The van der Waals surface area contributed by atoms with E-state index in [-0.39, 0.29) is 5.41 Å². The molecule has 2 N–H and O–H groups in total. The molecule has 0 spiro atoms. The first-order chi connectivity index (χ1) is 7.50. The standard InChI is InChI=1S/C12H15N3O/c1-12(2,3)8-4-5-9-10(6-8)15-11(14-9)13-7-16/h4-7H,1-3H3,(H2,13,14,15,16). The van der Waals surface area contributed by atoms with E-state index in [0.717, 1.165) is 11.0 Å². The third-order valence-electron chi connectivity index (χ3n) is 2.54. The molecule has 0 bridgehead atoms. The normalized spacial score (nSPS) is 11.7. The summed E-state index contributed by atoms with van der Waals surface area (Å²) in [5.41, 5.74) is 3.15. The van der Waals surface area contributed by atoms with E-state index in [9.17, 15) is 4.79 Å². The van der Waals surface area contributed by atoms with Crippen LogP contribution in [0.5, 0.6) is 0 Å². The Morgan fingerprint density at radius 2 is 2.12 bits per heavy atom. The monoisotopic (exact) mass is 217 g/mol. The first kappa shape index (κ1) is 10.7. The largest absolute Gasteiger partial charge is 0.324 e. The summed E-state index contributed by atoms with van der Waals surface area (Å²) in [6.45, 7) is 6.49. The van der Waals surface area contributed by atoms with Crippen LogP contribution in [-0.2, 0) is 10.2 Å². The summed E-state index contributed by atoms with van der Waals surface area (Å²) in [6.07, 6.45) is 0.613. The van der Waals surface area contributed by atoms with Crippen LogP contribution in [0.2, 0.25) is 0 Å². The lowest BCUT2D eigenvalue weighted by atomic mass is 9.87. The van der Waals surface area contributed by atoms with Crippen molar-refractivity contribution in [3.63, 3.8) is 0 Å². The molecule has 2 rings (SSSR count). The Bertz CT molecular complexity index is 523. The summed E-state index contributed by atoms with van der Waals surface area (Å²) in [7, 11) is 0. The van der Waals surface area contributed by atoms with Crippen LogP contribution in [0, 0.1) is 0 Å². The van der Waals surface area contributed by atoms with E-state index in [1.807, 2.05) is 6.07 Å². The number of rotatable bonds is 2. The number of anilines is 1. The smallest absolute Gasteiger partial charge is 0.213 e. The number of benzene rings is 1. The zero-order valence-electron chi connectivity index (χ0n) is 9.66. The molecule has 0 atom stereocenters. The van der Waals surface area contributed by atoms with E-state index in [1.54, 1.807) is 0 Å². The highest BCUT2D eigenvalue weighted by Crippen LogP contribution is 2.25. The number of nitrogens with zero attached hydrogens (tertiary/aromatic N) is 1. The summed E-state index contributed by atoms with van der Waals surface area (Å²) in [4.78, 5) is 17.6. The SMILES string of the molecule is CC(C)(C)c1ccc2nc(NC=O)[nH]c2c1. The van der Waals surface area contributed by atoms with Crippen LogP contribution in [-0.4, -0.2) is 16.4 Å².